The molecule has 100 valence electrons. The first-order valence-electron chi connectivity index (χ1n) is 6.94. The minimum Gasteiger partial charge on any atom is -0.356 e. The van der Waals surface area contributed by atoms with E-state index in [4.69, 9.17) is 0 Å². The van der Waals surface area contributed by atoms with E-state index in [-0.39, 0.29) is 5.91 Å². The van der Waals surface area contributed by atoms with Crippen molar-refractivity contribution in [2.24, 2.45) is 0 Å². The largest absolute Gasteiger partial charge is 0.356 e. The molecule has 2 rings (SSSR count). The maximum atomic E-state index is 10.8. The van der Waals surface area contributed by atoms with Crippen LogP contribution in [0.25, 0.3) is 0 Å². The number of amides is 1. The Morgan fingerprint density at radius 1 is 1.22 bits per heavy atom. The van der Waals surface area contributed by atoms with E-state index in [2.05, 4.69) is 36.5 Å². The number of hydrogen-bond donors (Lipinski definition) is 1. The lowest BCUT2D eigenvalue weighted by Crippen LogP contribution is -2.24. The Kier molecular flexibility index (Phi) is 5.39. The highest BCUT2D eigenvalue weighted by molar-refractivity contribution is 5.72. The summed E-state index contributed by atoms with van der Waals surface area (Å²) in [5.74, 6) is 0.0692. The average Bonchev–Trinajstić information content (AvgIpc) is 3.13. The van der Waals surface area contributed by atoms with Crippen LogP contribution in [0.5, 0.6) is 0 Å². The third kappa shape index (κ3) is 3.86. The van der Waals surface area contributed by atoms with Crippen molar-refractivity contribution in [3.05, 3.63) is 35.4 Å². The van der Waals surface area contributed by atoms with Gasteiger partial charge in [0, 0.05) is 13.5 Å². The maximum absolute atomic E-state index is 10.8. The highest BCUT2D eigenvalue weighted by atomic mass is 16.1. The second kappa shape index (κ2) is 6.58. The summed E-state index contributed by atoms with van der Waals surface area (Å²) < 4.78 is 0. The number of nitrogens with one attached hydrogen (secondary N) is 1. The Balaban J connectivity index is 0.000000771. The fourth-order valence-corrected chi connectivity index (χ4v) is 2.22. The molecule has 2 heteroatoms. The van der Waals surface area contributed by atoms with Crippen molar-refractivity contribution >= 4 is 5.91 Å². The molecule has 0 heterocycles. The predicted molar refractivity (Wildman–Crippen MR) is 76.7 cm³/mol. The van der Waals surface area contributed by atoms with Gasteiger partial charge >= 0.3 is 0 Å². The van der Waals surface area contributed by atoms with Crippen LogP contribution >= 0.6 is 0 Å². The Bertz CT molecular complexity index is 377. The summed E-state index contributed by atoms with van der Waals surface area (Å²) >= 11 is 0. The van der Waals surface area contributed by atoms with Crippen molar-refractivity contribution in [2.75, 3.05) is 6.54 Å². The molecule has 0 bridgehead atoms. The molecule has 1 aliphatic carbocycles. The van der Waals surface area contributed by atoms with Crippen LogP contribution in [0.4, 0.5) is 0 Å². The van der Waals surface area contributed by atoms with Gasteiger partial charge < -0.3 is 5.32 Å². The van der Waals surface area contributed by atoms with Crippen LogP contribution in [-0.2, 0) is 10.2 Å². The first-order chi connectivity index (χ1) is 8.62. The third-order valence-corrected chi connectivity index (χ3v) is 3.49. The summed E-state index contributed by atoms with van der Waals surface area (Å²) in [6.45, 7) is 8.48. The summed E-state index contributed by atoms with van der Waals surface area (Å²) in [4.78, 5) is 10.8. The van der Waals surface area contributed by atoms with Crippen LogP contribution in [0.2, 0.25) is 0 Å². The van der Waals surface area contributed by atoms with Crippen LogP contribution in [0.15, 0.2) is 24.3 Å². The van der Waals surface area contributed by atoms with E-state index in [1.165, 1.54) is 24.0 Å². The van der Waals surface area contributed by atoms with Gasteiger partial charge in [-0.2, -0.15) is 0 Å². The number of carbonyl (C=O) groups excluding carboxylic acids is 1. The summed E-state index contributed by atoms with van der Waals surface area (Å²) in [6.07, 6.45) is 3.58. The van der Waals surface area contributed by atoms with Crippen LogP contribution in [-0.4, -0.2) is 12.5 Å². The zero-order valence-electron chi connectivity index (χ0n) is 12.0. The van der Waals surface area contributed by atoms with Crippen molar-refractivity contribution in [1.29, 1.82) is 0 Å². The van der Waals surface area contributed by atoms with Crippen molar-refractivity contribution in [1.82, 2.24) is 5.32 Å². The van der Waals surface area contributed by atoms with Crippen molar-refractivity contribution in [3.63, 3.8) is 0 Å². The van der Waals surface area contributed by atoms with E-state index >= 15 is 0 Å². The second-order valence-electron chi connectivity index (χ2n) is 4.88. The minimum atomic E-state index is 0.0692. The van der Waals surface area contributed by atoms with Gasteiger partial charge in [-0.1, -0.05) is 43.7 Å². The van der Waals surface area contributed by atoms with Gasteiger partial charge in [0.25, 0.3) is 0 Å². The molecule has 1 N–H and O–H groups in total. The normalized spacial score (nSPS) is 15.3. The SMILES string of the molecule is CC.CC(=O)NCCC1(c2ccc(C)cc2)CC1. The van der Waals surface area contributed by atoms with Gasteiger partial charge in [0.2, 0.25) is 5.91 Å². The summed E-state index contributed by atoms with van der Waals surface area (Å²) in [5.41, 5.74) is 3.10. The lowest BCUT2D eigenvalue weighted by molar-refractivity contribution is -0.118. The van der Waals surface area contributed by atoms with Crippen LogP contribution in [0.3, 0.4) is 0 Å². The van der Waals surface area contributed by atoms with Gasteiger partial charge in [-0.25, -0.2) is 0 Å². The fraction of sp³-hybridized carbons (Fsp3) is 0.562. The highest BCUT2D eigenvalue weighted by Crippen LogP contribution is 2.50. The topological polar surface area (TPSA) is 29.1 Å². The van der Waals surface area contributed by atoms with E-state index in [1.807, 2.05) is 13.8 Å². The lowest BCUT2D eigenvalue weighted by Gasteiger charge is -2.16. The molecule has 0 aliphatic heterocycles. The van der Waals surface area contributed by atoms with E-state index in [9.17, 15) is 4.79 Å². The van der Waals surface area contributed by atoms with Crippen molar-refractivity contribution in [3.8, 4) is 0 Å². The average molecular weight is 247 g/mol. The molecule has 1 amide bonds. The zero-order chi connectivity index (χ0) is 13.6. The Labute approximate surface area is 111 Å². The summed E-state index contributed by atoms with van der Waals surface area (Å²) in [5, 5.41) is 2.88. The van der Waals surface area contributed by atoms with Gasteiger partial charge in [0.05, 0.1) is 0 Å². The number of aryl methyl sites for hydroxylation is 1. The molecule has 1 fully saturated rings. The highest BCUT2D eigenvalue weighted by Gasteiger charge is 2.43. The van der Waals surface area contributed by atoms with Gasteiger partial charge in [-0.3, -0.25) is 4.79 Å². The molecular formula is C16H25NO. The molecule has 0 radical (unpaired) electrons. The fourth-order valence-electron chi connectivity index (χ4n) is 2.22. The van der Waals surface area contributed by atoms with Gasteiger partial charge in [0.15, 0.2) is 0 Å². The van der Waals surface area contributed by atoms with Gasteiger partial charge in [-0.05, 0) is 37.2 Å². The molecule has 0 atom stereocenters. The number of benzene rings is 1. The molecule has 1 aromatic rings. The van der Waals surface area contributed by atoms with E-state index in [0.29, 0.717) is 5.41 Å². The monoisotopic (exact) mass is 247 g/mol. The van der Waals surface area contributed by atoms with Crippen molar-refractivity contribution < 1.29 is 4.79 Å². The number of hydrogen-bond acceptors (Lipinski definition) is 1. The molecule has 0 aromatic heterocycles. The molecular weight excluding hydrogens is 222 g/mol. The van der Waals surface area contributed by atoms with Crippen molar-refractivity contribution in [2.45, 2.75) is 52.4 Å². The summed E-state index contributed by atoms with van der Waals surface area (Å²) in [7, 11) is 0. The Morgan fingerprint density at radius 3 is 2.22 bits per heavy atom. The second-order valence-corrected chi connectivity index (χ2v) is 4.88. The molecule has 0 spiro atoms. The molecule has 1 aliphatic rings. The van der Waals surface area contributed by atoms with Crippen LogP contribution in [0, 0.1) is 6.92 Å². The quantitative estimate of drug-likeness (QED) is 0.865. The molecule has 1 aromatic carbocycles. The molecule has 1 saturated carbocycles. The Hall–Kier alpha value is -1.31. The minimum absolute atomic E-state index is 0.0692. The molecule has 0 saturated heterocycles. The maximum Gasteiger partial charge on any atom is 0.216 e. The van der Waals surface area contributed by atoms with E-state index in [1.54, 1.807) is 6.92 Å². The predicted octanol–water partition coefficient (Wildman–Crippen LogP) is 3.58. The standard InChI is InChI=1S/C14H19NO.C2H6/c1-11-3-5-13(6-4-11)14(7-8-14)9-10-15-12(2)16;1-2/h3-6H,7-10H2,1-2H3,(H,15,16);1-2H3. The van der Waals surface area contributed by atoms with E-state index < -0.39 is 0 Å². The summed E-state index contributed by atoms with van der Waals surface area (Å²) in [6, 6.07) is 8.81. The Morgan fingerprint density at radius 2 is 1.78 bits per heavy atom. The number of rotatable bonds is 4. The lowest BCUT2D eigenvalue weighted by atomic mass is 9.92. The van der Waals surface area contributed by atoms with E-state index in [0.717, 1.165) is 13.0 Å². The molecule has 18 heavy (non-hydrogen) atoms. The first-order valence-corrected chi connectivity index (χ1v) is 6.94. The van der Waals surface area contributed by atoms with Gasteiger partial charge in [0.1, 0.15) is 0 Å². The molecule has 2 nitrogen and oxygen atoms in total. The smallest absolute Gasteiger partial charge is 0.216 e. The van der Waals surface area contributed by atoms with Gasteiger partial charge in [-0.15, -0.1) is 0 Å². The van der Waals surface area contributed by atoms with Crippen LogP contribution < -0.4 is 5.32 Å². The first kappa shape index (κ1) is 14.7. The number of carbonyl (C=O) groups is 1. The zero-order valence-corrected chi connectivity index (χ0v) is 12.0. The third-order valence-electron chi connectivity index (χ3n) is 3.49. The molecule has 0 unspecified atom stereocenters. The van der Waals surface area contributed by atoms with Crippen LogP contribution in [0.1, 0.15) is 51.2 Å².